The Morgan fingerprint density at radius 1 is 1.31 bits per heavy atom. The molecule has 0 heterocycles. The molecule has 88 valence electrons. The van der Waals surface area contributed by atoms with Crippen LogP contribution in [0.3, 0.4) is 0 Å². The van der Waals surface area contributed by atoms with Crippen LogP contribution in [0.15, 0.2) is 24.3 Å². The fraction of sp³-hybridized carbons (Fsp3) is 0.250. The van der Waals surface area contributed by atoms with E-state index in [4.69, 9.17) is 0 Å². The molecule has 0 aliphatic heterocycles. The van der Waals surface area contributed by atoms with E-state index < -0.39 is 16.3 Å². The van der Waals surface area contributed by atoms with E-state index in [1.54, 1.807) is 0 Å². The maximum absolute atomic E-state index is 11.8. The Hall–Kier alpha value is -1.15. The Morgan fingerprint density at radius 2 is 1.81 bits per heavy atom. The van der Waals surface area contributed by atoms with Gasteiger partial charge in [-0.15, -0.1) is 13.2 Å². The summed E-state index contributed by atoms with van der Waals surface area (Å²) in [5, 5.41) is 8.91. The molecule has 0 saturated heterocycles. The number of nitro benzene ring substituents is 1. The monoisotopic (exact) mass is 299 g/mol. The summed E-state index contributed by atoms with van der Waals surface area (Å²) in [5.74, 6) is 0. The lowest BCUT2D eigenvalue weighted by Gasteiger charge is -2.13. The molecular formula is C8H5BrF3NO3. The van der Waals surface area contributed by atoms with Crippen molar-refractivity contribution < 1.29 is 22.8 Å². The highest BCUT2D eigenvalue weighted by atomic mass is 79.9. The zero-order valence-electron chi connectivity index (χ0n) is 7.57. The van der Waals surface area contributed by atoms with E-state index >= 15 is 0 Å². The fourth-order valence-corrected chi connectivity index (χ4v) is 1.45. The van der Waals surface area contributed by atoms with Gasteiger partial charge in [-0.25, -0.2) is 0 Å². The topological polar surface area (TPSA) is 52.4 Å². The average Bonchev–Trinajstić information content (AvgIpc) is 2.15. The number of hydrogen-bond acceptors (Lipinski definition) is 3. The van der Waals surface area contributed by atoms with Crippen LogP contribution in [0.25, 0.3) is 0 Å². The van der Waals surface area contributed by atoms with Crippen molar-refractivity contribution in [2.45, 2.75) is 11.4 Å². The van der Waals surface area contributed by atoms with Gasteiger partial charge >= 0.3 is 6.36 Å². The van der Waals surface area contributed by atoms with Crippen LogP contribution < -0.4 is 0 Å². The molecule has 1 aromatic rings. The summed E-state index contributed by atoms with van der Waals surface area (Å²) >= 11 is 2.67. The summed E-state index contributed by atoms with van der Waals surface area (Å²) < 4.78 is 39.2. The second kappa shape index (κ2) is 4.79. The molecule has 0 bridgehead atoms. The van der Waals surface area contributed by atoms with Crippen molar-refractivity contribution in [2.24, 2.45) is 0 Å². The summed E-state index contributed by atoms with van der Waals surface area (Å²) in [6.07, 6.45) is -4.77. The first-order chi connectivity index (χ1) is 7.29. The van der Waals surface area contributed by atoms with E-state index in [2.05, 4.69) is 20.7 Å². The minimum absolute atomic E-state index is 0.142. The van der Waals surface area contributed by atoms with Crippen LogP contribution in [-0.4, -0.2) is 11.3 Å². The van der Waals surface area contributed by atoms with Crippen LogP contribution in [-0.2, 0) is 4.74 Å². The number of nitro groups is 1. The number of alkyl halides is 4. The Kier molecular flexibility index (Phi) is 3.87. The molecule has 0 fully saturated rings. The van der Waals surface area contributed by atoms with Gasteiger partial charge in [0.25, 0.3) is 5.69 Å². The van der Waals surface area contributed by atoms with Gasteiger partial charge < -0.3 is 0 Å². The molecule has 0 N–H and O–H groups in total. The predicted octanol–water partition coefficient (Wildman–Crippen LogP) is 3.52. The molecule has 0 spiro atoms. The highest BCUT2D eigenvalue weighted by Gasteiger charge is 2.33. The van der Waals surface area contributed by atoms with Gasteiger partial charge in [0.2, 0.25) is 0 Å². The van der Waals surface area contributed by atoms with E-state index in [1.807, 2.05) is 0 Å². The molecule has 1 unspecified atom stereocenters. The maximum atomic E-state index is 11.8. The fourth-order valence-electron chi connectivity index (χ4n) is 0.933. The Labute approximate surface area is 96.3 Å². The van der Waals surface area contributed by atoms with Crippen LogP contribution in [0.2, 0.25) is 0 Å². The van der Waals surface area contributed by atoms with Gasteiger partial charge in [-0.3, -0.25) is 14.9 Å². The van der Waals surface area contributed by atoms with Crippen LogP contribution in [0.4, 0.5) is 18.9 Å². The summed E-state index contributed by atoms with van der Waals surface area (Å²) in [4.78, 5) is 9.65. The molecule has 0 aromatic heterocycles. The van der Waals surface area contributed by atoms with Crippen molar-refractivity contribution in [2.75, 3.05) is 0 Å². The zero-order valence-corrected chi connectivity index (χ0v) is 9.16. The standard InChI is InChI=1S/C8H5BrF3NO3/c9-7(16-8(10,11)12)5-1-3-6(4-2-5)13(14)15/h1-4,7H. The first kappa shape index (κ1) is 12.9. The molecule has 8 heteroatoms. The second-order valence-electron chi connectivity index (χ2n) is 2.73. The first-order valence-electron chi connectivity index (χ1n) is 3.92. The summed E-state index contributed by atoms with van der Waals surface area (Å²) in [7, 11) is 0. The van der Waals surface area contributed by atoms with E-state index in [9.17, 15) is 23.3 Å². The molecule has 16 heavy (non-hydrogen) atoms. The van der Waals surface area contributed by atoms with Crippen molar-refractivity contribution in [3.05, 3.63) is 39.9 Å². The SMILES string of the molecule is O=[N+]([O-])c1ccc(C(Br)OC(F)(F)F)cc1. The van der Waals surface area contributed by atoms with Gasteiger partial charge in [-0.05, 0) is 17.7 Å². The molecule has 1 atom stereocenters. The number of nitrogens with zero attached hydrogens (tertiary/aromatic N) is 1. The number of benzene rings is 1. The highest BCUT2D eigenvalue weighted by molar-refractivity contribution is 9.09. The molecule has 1 rings (SSSR count). The normalized spacial score (nSPS) is 13.5. The smallest absolute Gasteiger partial charge is 0.272 e. The lowest BCUT2D eigenvalue weighted by atomic mass is 10.2. The lowest BCUT2D eigenvalue weighted by Crippen LogP contribution is -2.14. The minimum atomic E-state index is -4.77. The average molecular weight is 300 g/mol. The summed E-state index contributed by atoms with van der Waals surface area (Å²) in [5.41, 5.74) is -0.0571. The third kappa shape index (κ3) is 3.78. The van der Waals surface area contributed by atoms with Crippen molar-refractivity contribution in [1.29, 1.82) is 0 Å². The van der Waals surface area contributed by atoms with Crippen LogP contribution >= 0.6 is 15.9 Å². The second-order valence-corrected chi connectivity index (χ2v) is 3.56. The summed E-state index contributed by atoms with van der Waals surface area (Å²) in [6.45, 7) is 0. The largest absolute Gasteiger partial charge is 0.523 e. The Morgan fingerprint density at radius 3 is 2.19 bits per heavy atom. The van der Waals surface area contributed by atoms with Gasteiger partial charge in [0, 0.05) is 12.1 Å². The molecule has 0 aliphatic rings. The van der Waals surface area contributed by atoms with Gasteiger partial charge in [0.05, 0.1) is 4.92 Å². The van der Waals surface area contributed by atoms with Crippen molar-refractivity contribution in [3.63, 3.8) is 0 Å². The zero-order chi connectivity index (χ0) is 12.3. The molecule has 4 nitrogen and oxygen atoms in total. The van der Waals surface area contributed by atoms with Gasteiger partial charge in [-0.1, -0.05) is 15.9 Å². The van der Waals surface area contributed by atoms with Crippen molar-refractivity contribution in [3.8, 4) is 0 Å². The van der Waals surface area contributed by atoms with E-state index in [0.29, 0.717) is 0 Å². The van der Waals surface area contributed by atoms with Crippen molar-refractivity contribution in [1.82, 2.24) is 0 Å². The Bertz CT molecular complexity index is 379. The first-order valence-corrected chi connectivity index (χ1v) is 4.84. The summed E-state index contributed by atoms with van der Waals surface area (Å²) in [6, 6.07) is 4.57. The third-order valence-electron chi connectivity index (χ3n) is 1.60. The van der Waals surface area contributed by atoms with E-state index in [1.165, 1.54) is 12.1 Å². The van der Waals surface area contributed by atoms with Gasteiger partial charge in [0.1, 0.15) is 5.01 Å². The van der Waals surface area contributed by atoms with E-state index in [0.717, 1.165) is 12.1 Å². The number of non-ortho nitro benzene ring substituents is 1. The Balaban J connectivity index is 2.78. The third-order valence-corrected chi connectivity index (χ3v) is 2.32. The molecule has 1 aromatic carbocycles. The van der Waals surface area contributed by atoms with Crippen LogP contribution in [0, 0.1) is 10.1 Å². The number of hydrogen-bond donors (Lipinski definition) is 0. The highest BCUT2D eigenvalue weighted by Crippen LogP contribution is 2.32. The molecule has 0 saturated carbocycles. The minimum Gasteiger partial charge on any atom is -0.272 e. The van der Waals surface area contributed by atoms with Crippen LogP contribution in [0.5, 0.6) is 0 Å². The number of halogens is 4. The molecule has 0 amide bonds. The molecular weight excluding hydrogens is 295 g/mol. The lowest BCUT2D eigenvalue weighted by molar-refractivity contribution is -0.384. The number of rotatable bonds is 3. The van der Waals surface area contributed by atoms with Crippen molar-refractivity contribution >= 4 is 21.6 Å². The molecule has 0 aliphatic carbocycles. The van der Waals surface area contributed by atoms with Crippen LogP contribution in [0.1, 0.15) is 10.6 Å². The maximum Gasteiger partial charge on any atom is 0.523 e. The van der Waals surface area contributed by atoms with Gasteiger partial charge in [0.15, 0.2) is 0 Å². The predicted molar refractivity (Wildman–Crippen MR) is 51.9 cm³/mol. The molecule has 0 radical (unpaired) electrons. The quantitative estimate of drug-likeness (QED) is 0.487. The number of ether oxygens (including phenoxy) is 1. The van der Waals surface area contributed by atoms with E-state index in [-0.39, 0.29) is 11.3 Å². The van der Waals surface area contributed by atoms with Gasteiger partial charge in [-0.2, -0.15) is 0 Å².